The molecule has 1 aromatic heterocycles. The van der Waals surface area contributed by atoms with Gasteiger partial charge in [0.05, 0.1) is 20.6 Å². The fourth-order valence-electron chi connectivity index (χ4n) is 4.58. The smallest absolute Gasteiger partial charge is 0.303 e. The van der Waals surface area contributed by atoms with Crippen molar-refractivity contribution in [2.75, 3.05) is 27.4 Å². The van der Waals surface area contributed by atoms with Crippen molar-refractivity contribution in [3.63, 3.8) is 0 Å². The number of carbonyl (C=O) groups excluding carboxylic acids is 2. The molecule has 1 amide bonds. The minimum absolute atomic E-state index is 0.0167. The number of aromatic nitrogens is 1. The molecule has 12 nitrogen and oxygen atoms in total. The number of hydrogen-bond donors (Lipinski definition) is 3. The first-order valence-electron chi connectivity index (χ1n) is 13.3. The number of carbonyl (C=O) groups is 3. The van der Waals surface area contributed by atoms with Crippen LogP contribution in [0, 0.1) is 0 Å². The van der Waals surface area contributed by atoms with Gasteiger partial charge in [-0.2, -0.15) is 0 Å². The molecular weight excluding hydrogens is 548 g/mol. The maximum absolute atomic E-state index is 12.4. The maximum atomic E-state index is 12.4. The molecule has 0 fully saturated rings. The number of aliphatic hydroxyl groups excluding tert-OH is 1. The molecule has 3 N–H and O–H groups in total. The number of fused-ring (bicyclic) bond motifs is 2. The van der Waals surface area contributed by atoms with E-state index < -0.39 is 12.3 Å². The zero-order valence-electron chi connectivity index (χ0n) is 23.5. The number of aliphatic carboxylic acids is 1. The average Bonchev–Trinajstić information content (AvgIpc) is 3.58. The summed E-state index contributed by atoms with van der Waals surface area (Å²) in [6.07, 6.45) is 1.41. The van der Waals surface area contributed by atoms with Crippen LogP contribution in [0.3, 0.4) is 0 Å². The van der Waals surface area contributed by atoms with Crippen LogP contribution in [0.4, 0.5) is 0 Å². The van der Waals surface area contributed by atoms with Gasteiger partial charge in [0.2, 0.25) is 11.8 Å². The van der Waals surface area contributed by atoms with Gasteiger partial charge in [-0.3, -0.25) is 19.0 Å². The lowest BCUT2D eigenvalue weighted by Crippen LogP contribution is -2.25. The van der Waals surface area contributed by atoms with Gasteiger partial charge >= 0.3 is 5.97 Å². The zero-order chi connectivity index (χ0) is 30.4. The summed E-state index contributed by atoms with van der Waals surface area (Å²) in [4.78, 5) is 37.2. The SMILES string of the molecule is C=C(COc1cc2c(cc1OC)CN(C(=O)CCC(=O)O)C2)COc1cc2cn(C(=O)CCC(O)O)cc2cc1OC. The van der Waals surface area contributed by atoms with Crippen LogP contribution in [0.1, 0.15) is 41.6 Å². The van der Waals surface area contributed by atoms with Crippen LogP contribution < -0.4 is 18.9 Å². The molecule has 2 heterocycles. The van der Waals surface area contributed by atoms with E-state index in [0.29, 0.717) is 41.7 Å². The highest BCUT2D eigenvalue weighted by Gasteiger charge is 2.26. The molecule has 0 atom stereocenters. The van der Waals surface area contributed by atoms with Crippen LogP contribution in [0.15, 0.2) is 48.8 Å². The Morgan fingerprint density at radius 2 is 1.33 bits per heavy atom. The van der Waals surface area contributed by atoms with E-state index in [9.17, 15) is 14.4 Å². The second-order valence-electron chi connectivity index (χ2n) is 9.95. The van der Waals surface area contributed by atoms with Gasteiger partial charge in [0.15, 0.2) is 29.3 Å². The Labute approximate surface area is 242 Å². The number of methoxy groups -OCH3 is 2. The number of hydrogen-bond acceptors (Lipinski definition) is 9. The molecule has 1 aliphatic heterocycles. The molecule has 12 heteroatoms. The van der Waals surface area contributed by atoms with Crippen molar-refractivity contribution in [3.8, 4) is 23.0 Å². The van der Waals surface area contributed by atoms with Gasteiger partial charge in [0.1, 0.15) is 13.2 Å². The summed E-state index contributed by atoms with van der Waals surface area (Å²) in [5.41, 5.74) is 2.43. The van der Waals surface area contributed by atoms with Crippen molar-refractivity contribution in [2.45, 2.75) is 45.1 Å². The van der Waals surface area contributed by atoms with E-state index in [1.807, 2.05) is 12.1 Å². The Bertz CT molecular complexity index is 1490. The standard InChI is InChI=1S/C30H34N2O10/c1-18(16-41-25-10-21-14-31(27(33)4-6-29(35)36)12-19(21)8-23(25)39-2)17-42-26-11-22-15-32(28(34)5-7-30(37)38)13-20(22)9-24(26)40-3/h8-12,14,29,35-36H,1,4-7,13,15-17H2,2-3H3,(H,37,38). The van der Waals surface area contributed by atoms with Crippen molar-refractivity contribution in [1.82, 2.24) is 9.47 Å². The summed E-state index contributed by atoms with van der Waals surface area (Å²) in [6.45, 7) is 5.02. The number of ether oxygens (including phenoxy) is 4. The molecule has 0 aliphatic carbocycles. The quantitative estimate of drug-likeness (QED) is 0.191. The van der Waals surface area contributed by atoms with E-state index in [2.05, 4.69) is 6.58 Å². The summed E-state index contributed by atoms with van der Waals surface area (Å²) < 4.78 is 24.3. The van der Waals surface area contributed by atoms with Gasteiger partial charge in [-0.1, -0.05) is 6.58 Å². The van der Waals surface area contributed by atoms with Crippen molar-refractivity contribution in [2.24, 2.45) is 0 Å². The van der Waals surface area contributed by atoms with Crippen LogP contribution in [0.5, 0.6) is 23.0 Å². The Balaban J connectivity index is 1.37. The zero-order valence-corrected chi connectivity index (χ0v) is 23.5. The van der Waals surface area contributed by atoms with Gasteiger partial charge in [0.25, 0.3) is 0 Å². The highest BCUT2D eigenvalue weighted by atomic mass is 16.5. The molecule has 0 radical (unpaired) electrons. The van der Waals surface area contributed by atoms with Crippen LogP contribution in [-0.4, -0.2) is 76.3 Å². The average molecular weight is 583 g/mol. The molecule has 0 bridgehead atoms. The molecule has 0 unspecified atom stereocenters. The van der Waals surface area contributed by atoms with Crippen molar-refractivity contribution in [1.29, 1.82) is 0 Å². The number of carboxylic acids is 1. The lowest BCUT2D eigenvalue weighted by Gasteiger charge is -2.15. The molecule has 1 aliphatic rings. The third-order valence-corrected chi connectivity index (χ3v) is 6.81. The highest BCUT2D eigenvalue weighted by Crippen LogP contribution is 2.36. The molecule has 2 aromatic carbocycles. The van der Waals surface area contributed by atoms with Crippen LogP contribution in [0.25, 0.3) is 10.8 Å². The van der Waals surface area contributed by atoms with Gasteiger partial charge in [0, 0.05) is 55.5 Å². The molecule has 4 rings (SSSR count). The first-order valence-corrected chi connectivity index (χ1v) is 13.3. The molecular formula is C30H34N2O10. The third-order valence-electron chi connectivity index (χ3n) is 6.81. The monoisotopic (exact) mass is 582 g/mol. The number of aliphatic hydroxyl groups is 2. The normalized spacial score (nSPS) is 12.4. The predicted octanol–water partition coefficient (Wildman–Crippen LogP) is 3.11. The Hall–Kier alpha value is -4.55. The lowest BCUT2D eigenvalue weighted by molar-refractivity contribution is -0.141. The van der Waals surface area contributed by atoms with E-state index >= 15 is 0 Å². The summed E-state index contributed by atoms with van der Waals surface area (Å²) in [6, 6.07) is 7.13. The Morgan fingerprint density at radius 1 is 0.810 bits per heavy atom. The molecule has 3 aromatic rings. The minimum atomic E-state index is -1.54. The topological polar surface area (TPSA) is 157 Å². The van der Waals surface area contributed by atoms with Crippen LogP contribution in [-0.2, 0) is 22.7 Å². The van der Waals surface area contributed by atoms with Crippen molar-refractivity contribution in [3.05, 3.63) is 59.9 Å². The summed E-state index contributed by atoms with van der Waals surface area (Å²) in [7, 11) is 3.04. The van der Waals surface area contributed by atoms with Crippen LogP contribution in [0.2, 0.25) is 0 Å². The van der Waals surface area contributed by atoms with E-state index in [0.717, 1.165) is 21.9 Å². The second kappa shape index (κ2) is 13.4. The van der Waals surface area contributed by atoms with Gasteiger partial charge in [-0.25, -0.2) is 0 Å². The highest BCUT2D eigenvalue weighted by molar-refractivity contribution is 5.91. The number of amides is 1. The minimum Gasteiger partial charge on any atom is -0.493 e. The van der Waals surface area contributed by atoms with Crippen molar-refractivity contribution < 1.29 is 48.7 Å². The van der Waals surface area contributed by atoms with Gasteiger partial charge in [-0.05, 0) is 41.0 Å². The molecule has 0 spiro atoms. The fraction of sp³-hybridized carbons (Fsp3) is 0.367. The Morgan fingerprint density at radius 3 is 1.88 bits per heavy atom. The van der Waals surface area contributed by atoms with E-state index in [-0.39, 0.29) is 50.7 Å². The van der Waals surface area contributed by atoms with E-state index in [4.69, 9.17) is 34.3 Å². The summed E-state index contributed by atoms with van der Waals surface area (Å²) >= 11 is 0. The molecule has 0 saturated carbocycles. The maximum Gasteiger partial charge on any atom is 0.303 e. The van der Waals surface area contributed by atoms with Gasteiger partial charge < -0.3 is 39.2 Å². The second-order valence-corrected chi connectivity index (χ2v) is 9.95. The Kier molecular flexibility index (Phi) is 9.71. The lowest BCUT2D eigenvalue weighted by atomic mass is 10.1. The predicted molar refractivity (Wildman–Crippen MR) is 151 cm³/mol. The largest absolute Gasteiger partial charge is 0.493 e. The van der Waals surface area contributed by atoms with Crippen LogP contribution >= 0.6 is 0 Å². The third kappa shape index (κ3) is 7.39. The van der Waals surface area contributed by atoms with E-state index in [1.54, 1.807) is 29.4 Å². The summed E-state index contributed by atoms with van der Waals surface area (Å²) in [5, 5.41) is 28.4. The number of benzene rings is 2. The first-order chi connectivity index (χ1) is 20.1. The fourth-order valence-corrected chi connectivity index (χ4v) is 4.58. The number of rotatable bonds is 14. The molecule has 224 valence electrons. The number of nitrogens with zero attached hydrogens (tertiary/aromatic N) is 2. The molecule has 0 saturated heterocycles. The van der Waals surface area contributed by atoms with Crippen molar-refractivity contribution >= 4 is 28.6 Å². The first kappa shape index (κ1) is 30.4. The van der Waals surface area contributed by atoms with Gasteiger partial charge in [-0.15, -0.1) is 0 Å². The number of carboxylic acid groups (broad SMARTS) is 1. The summed E-state index contributed by atoms with van der Waals surface area (Å²) in [5.74, 6) is 0.395. The van der Waals surface area contributed by atoms with E-state index in [1.165, 1.54) is 18.8 Å². The molecule has 42 heavy (non-hydrogen) atoms.